The third-order valence-corrected chi connectivity index (χ3v) is 13.3. The highest BCUT2D eigenvalue weighted by Gasteiger charge is 2.37. The fraction of sp³-hybridized carbons (Fsp3) is 0.269. The van der Waals surface area contributed by atoms with E-state index in [2.05, 4.69) is 99.0 Å². The highest BCUT2D eigenvalue weighted by atomic mass is 19.4. The second kappa shape index (κ2) is 46.6. The highest BCUT2D eigenvalue weighted by Crippen LogP contribution is 2.35. The van der Waals surface area contributed by atoms with Gasteiger partial charge in [0.2, 0.25) is 5.82 Å². The normalized spacial score (nSPS) is 11.2. The summed E-state index contributed by atoms with van der Waals surface area (Å²) in [5.41, 5.74) is 3.88. The molecule has 11 aromatic rings. The summed E-state index contributed by atoms with van der Waals surface area (Å²) in [4.78, 5) is 26.4. The minimum absolute atomic E-state index is 0.187. The van der Waals surface area contributed by atoms with Crippen molar-refractivity contribution in [2.24, 2.45) is 0 Å². The van der Waals surface area contributed by atoms with Crippen molar-refractivity contribution in [3.8, 4) is 17.6 Å². The van der Waals surface area contributed by atoms with Gasteiger partial charge in [-0.25, -0.2) is 24.9 Å². The summed E-state index contributed by atoms with van der Waals surface area (Å²) in [7, 11) is 0. The van der Waals surface area contributed by atoms with Gasteiger partial charge in [-0.15, -0.1) is 18.3 Å². The number of alkyl halides is 27. The summed E-state index contributed by atoms with van der Waals surface area (Å²) < 4.78 is 323. The van der Waals surface area contributed by atoms with E-state index in [1.807, 2.05) is 31.2 Å². The number of ether oxygens (including phenoxy) is 1. The first kappa shape index (κ1) is 104. The number of aryl methyl sites for hydroxylation is 12. The molecule has 0 saturated carbocycles. The quantitative estimate of drug-likeness (QED) is 0.153. The molecule has 0 amide bonds. The van der Waals surface area contributed by atoms with Gasteiger partial charge in [-0.05, 0) is 179 Å². The summed E-state index contributed by atoms with van der Waals surface area (Å²) in [6.45, 7) is 20.9. The summed E-state index contributed by atoms with van der Waals surface area (Å²) in [5, 5.41) is 23.6. The fourth-order valence-electron chi connectivity index (χ4n) is 6.97. The minimum Gasteiger partial charge on any atom is -0.508 e. The van der Waals surface area contributed by atoms with Crippen LogP contribution in [0, 0.1) is 94.4 Å². The van der Waals surface area contributed by atoms with E-state index in [9.17, 15) is 119 Å². The van der Waals surface area contributed by atoms with Crippen molar-refractivity contribution in [2.75, 3.05) is 0 Å². The molecule has 0 unspecified atom stereocenters. The van der Waals surface area contributed by atoms with E-state index in [0.29, 0.717) is 34.0 Å². The van der Waals surface area contributed by atoms with Gasteiger partial charge in [0, 0.05) is 49.1 Å². The number of phenolic OH excluding ortho intramolecular Hbond substituents is 1. The van der Waals surface area contributed by atoms with E-state index >= 15 is 0 Å². The second-order valence-electron chi connectivity index (χ2n) is 24.0. The maximum atomic E-state index is 12.0. The van der Waals surface area contributed by atoms with E-state index in [1.165, 1.54) is 85.3 Å². The number of rotatable bonds is 1. The van der Waals surface area contributed by atoms with Crippen LogP contribution < -0.4 is 4.74 Å². The topological polar surface area (TPSA) is 182 Å². The van der Waals surface area contributed by atoms with Crippen molar-refractivity contribution >= 4 is 0 Å². The van der Waals surface area contributed by atoms with Crippen molar-refractivity contribution in [1.82, 2.24) is 50.1 Å². The van der Waals surface area contributed by atoms with Crippen LogP contribution in [0.3, 0.4) is 0 Å². The molecule has 0 spiro atoms. The highest BCUT2D eigenvalue weighted by molar-refractivity contribution is 5.37. The molecule has 5 aromatic carbocycles. The maximum absolute atomic E-state index is 12.0. The molecule has 1 N–H and O–H groups in total. The SMILES string of the molecule is Cc1ccc(C#N)cc1.Cc1ccc(C(F)(F)F)cc1.Cc1ccc(C(F)(F)F)cc1O.Cc1ccc(C(F)(F)F)cn1.Cc1ccc(C(F)(F)F)nc1.Cc1ccc(C(F)(F)F)nn1.Cc1ccc(C)cc1.Cc1ccc(OC(F)(F)F)cc1.Cc1cnc(C(F)(F)F)cn1.Cc1cnc(C(F)(F)F)nc1.Cc1ncc(C(F)(F)F)cn1. The molecule has 0 aliphatic carbocycles. The molecular formula is C78H70F27N11O2. The molecule has 638 valence electrons. The smallest absolute Gasteiger partial charge is 0.508 e. The van der Waals surface area contributed by atoms with Crippen LogP contribution in [0.4, 0.5) is 119 Å². The summed E-state index contributed by atoms with van der Waals surface area (Å²) in [5.74, 6) is -1.28. The van der Waals surface area contributed by atoms with Gasteiger partial charge in [0.05, 0.1) is 51.5 Å². The van der Waals surface area contributed by atoms with Crippen LogP contribution >= 0.6 is 0 Å². The molecule has 0 radical (unpaired) electrons. The first-order chi connectivity index (χ1) is 54.0. The number of aromatic hydroxyl groups is 1. The Morgan fingerprint density at radius 3 is 0.992 bits per heavy atom. The molecular weight excluding hydrogens is 1640 g/mol. The van der Waals surface area contributed by atoms with Gasteiger partial charge in [-0.1, -0.05) is 101 Å². The second-order valence-corrected chi connectivity index (χ2v) is 24.0. The third-order valence-electron chi connectivity index (χ3n) is 13.3. The van der Waals surface area contributed by atoms with Gasteiger partial charge in [0.25, 0.3) is 0 Å². The number of phenols is 1. The third kappa shape index (κ3) is 45.3. The number of halogens is 27. The maximum Gasteiger partial charge on any atom is 0.573 e. The molecule has 0 fully saturated rings. The Balaban J connectivity index is 0.000000650. The van der Waals surface area contributed by atoms with Gasteiger partial charge in [0.1, 0.15) is 23.0 Å². The predicted octanol–water partition coefficient (Wildman–Crippen LogP) is 24.8. The first-order valence-electron chi connectivity index (χ1n) is 32.8. The molecule has 0 saturated heterocycles. The van der Waals surface area contributed by atoms with E-state index in [4.69, 9.17) is 10.4 Å². The van der Waals surface area contributed by atoms with Crippen LogP contribution in [0.2, 0.25) is 0 Å². The van der Waals surface area contributed by atoms with Crippen LogP contribution in [0.5, 0.6) is 11.5 Å². The average Bonchev–Trinajstić information content (AvgIpc) is 0.844. The van der Waals surface area contributed by atoms with Crippen LogP contribution in [0.1, 0.15) is 118 Å². The average molecular weight is 1710 g/mol. The minimum atomic E-state index is -4.60. The van der Waals surface area contributed by atoms with Crippen molar-refractivity contribution in [3.05, 3.63) is 319 Å². The molecule has 0 atom stereocenters. The molecule has 0 aliphatic heterocycles. The van der Waals surface area contributed by atoms with E-state index in [-0.39, 0.29) is 11.5 Å². The zero-order valence-electron chi connectivity index (χ0n) is 63.5. The number of hydrogen-bond acceptors (Lipinski definition) is 13. The summed E-state index contributed by atoms with van der Waals surface area (Å²) in [6, 6.07) is 38.5. The van der Waals surface area contributed by atoms with Gasteiger partial charge in [-0.2, -0.15) is 116 Å². The lowest BCUT2D eigenvalue weighted by atomic mass is 10.1. The Hall–Kier alpha value is -12.1. The predicted molar refractivity (Wildman–Crippen MR) is 379 cm³/mol. The van der Waals surface area contributed by atoms with Crippen molar-refractivity contribution in [3.63, 3.8) is 0 Å². The lowest BCUT2D eigenvalue weighted by Gasteiger charge is -2.08. The van der Waals surface area contributed by atoms with Crippen molar-refractivity contribution in [2.45, 2.75) is 139 Å². The van der Waals surface area contributed by atoms with Gasteiger partial charge >= 0.3 is 55.8 Å². The first-order valence-corrected chi connectivity index (χ1v) is 32.8. The van der Waals surface area contributed by atoms with Crippen LogP contribution in [0.15, 0.2) is 201 Å². The van der Waals surface area contributed by atoms with Crippen molar-refractivity contribution in [1.29, 1.82) is 5.26 Å². The molecule has 6 heterocycles. The molecule has 118 heavy (non-hydrogen) atoms. The standard InChI is InChI=1S/2C8H7F3O.C8H7F3.C8H7N.C8H10.2C7H6F3N.4C6H5F3N2/c1-6-2-4-7(5-3-6)12-8(9,10)11;1-5-2-3-6(4-7(5)12)8(9,10)11;1-6-2-4-7(5-3-6)8(9,10)11;1-7-2-4-8(6-9)5-3-7;1-7-3-5-8(2)6-4-7;1-5-2-3-6(4-11-5)7(8,9)10;1-5-2-3-6(11-4-5)7(8,9)10;1-4-10-2-5(3-11-4)6(7,8)9;1-4-2-11-5(3-10-4)6(7,8)9;1-4-2-10-5(11-3-4)6(7,8)9;1-4-2-3-5(11-10-4)6(7,8)9/h2-5H,1H3;2-4,12H,1H3;2-5H,1H3;2-5H,1H3;3-6H,1-2H3;2*2-4H,1H3;4*2-3H,1H3. The van der Waals surface area contributed by atoms with Gasteiger partial charge in [-0.3, -0.25) is 15.0 Å². The summed E-state index contributed by atoms with van der Waals surface area (Å²) >= 11 is 0. The van der Waals surface area contributed by atoms with Crippen molar-refractivity contribution < 1.29 is 128 Å². The van der Waals surface area contributed by atoms with E-state index in [1.54, 1.807) is 60.6 Å². The van der Waals surface area contributed by atoms with Gasteiger partial charge in [0.15, 0.2) is 11.4 Å². The van der Waals surface area contributed by atoms with Gasteiger partial charge < -0.3 is 9.84 Å². The number of nitrogens with zero attached hydrogens (tertiary/aromatic N) is 11. The molecule has 0 bridgehead atoms. The Labute approximate surface area is 657 Å². The Kier molecular flexibility index (Phi) is 41.0. The number of hydrogen-bond donors (Lipinski definition) is 1. The van der Waals surface area contributed by atoms with Crippen LogP contribution in [-0.4, -0.2) is 61.5 Å². The molecule has 11 rings (SSSR count). The molecule has 0 aliphatic rings. The Bertz CT molecular complexity index is 4140. The molecule has 6 aromatic heterocycles. The number of pyridine rings is 2. The van der Waals surface area contributed by atoms with Crippen LogP contribution in [0.25, 0.3) is 0 Å². The molecule has 40 heteroatoms. The lowest BCUT2D eigenvalue weighted by Crippen LogP contribution is -2.16. The Morgan fingerprint density at radius 1 is 0.280 bits per heavy atom. The summed E-state index contributed by atoms with van der Waals surface area (Å²) in [6.07, 6.45) is -31.7. The zero-order valence-corrected chi connectivity index (χ0v) is 63.5. The number of aromatic nitrogens is 10. The fourth-order valence-corrected chi connectivity index (χ4v) is 6.97. The van der Waals surface area contributed by atoms with Crippen LogP contribution in [-0.2, 0) is 49.4 Å². The largest absolute Gasteiger partial charge is 0.573 e. The number of nitriles is 1. The molecule has 13 nitrogen and oxygen atoms in total. The van der Waals surface area contributed by atoms with E-state index < -0.39 is 101 Å². The number of benzene rings is 5. The Morgan fingerprint density at radius 2 is 0.644 bits per heavy atom. The lowest BCUT2D eigenvalue weighted by molar-refractivity contribution is -0.274. The zero-order chi connectivity index (χ0) is 90.6. The monoisotopic (exact) mass is 1710 g/mol. The van der Waals surface area contributed by atoms with E-state index in [0.717, 1.165) is 108 Å².